The third-order valence-corrected chi connectivity index (χ3v) is 6.42. The van der Waals surface area contributed by atoms with Gasteiger partial charge in [0.25, 0.3) is 5.91 Å². The molecule has 9 heteroatoms. The molecule has 0 saturated heterocycles. The molecule has 1 aliphatic heterocycles. The molecular weight excluding hydrogens is 436 g/mol. The summed E-state index contributed by atoms with van der Waals surface area (Å²) < 4.78 is 30.8. The minimum Gasteiger partial charge on any atom is -0.379 e. The zero-order valence-corrected chi connectivity index (χ0v) is 17.9. The quantitative estimate of drug-likeness (QED) is 0.478. The molecule has 0 saturated carbocycles. The smallest absolute Gasteiger partial charge is 0.339 e. The molecule has 0 fully saturated rings. The number of thioether (sulfide) groups is 1. The van der Waals surface area contributed by atoms with Gasteiger partial charge in [-0.1, -0.05) is 42.5 Å². The summed E-state index contributed by atoms with van der Waals surface area (Å²) in [4.78, 5) is 27.3. The molecule has 0 aliphatic carbocycles. The van der Waals surface area contributed by atoms with Crippen LogP contribution in [-0.4, -0.2) is 25.4 Å². The van der Waals surface area contributed by atoms with Gasteiger partial charge in [0.1, 0.15) is 10.6 Å². The lowest BCUT2D eigenvalue weighted by atomic mass is 10.1. The van der Waals surface area contributed by atoms with E-state index in [0.29, 0.717) is 10.5 Å². The first-order valence-electron chi connectivity index (χ1n) is 9.14. The number of hydrogen-bond acceptors (Lipinski definition) is 6. The van der Waals surface area contributed by atoms with Gasteiger partial charge in [-0.2, -0.15) is 13.4 Å². The van der Waals surface area contributed by atoms with E-state index >= 15 is 0 Å². The van der Waals surface area contributed by atoms with E-state index in [1.165, 1.54) is 25.1 Å². The Labute approximate surface area is 183 Å². The van der Waals surface area contributed by atoms with Gasteiger partial charge in [0, 0.05) is 6.92 Å². The fraction of sp³-hybridized carbons (Fsp3) is 0.0455. The highest BCUT2D eigenvalue weighted by Gasteiger charge is 2.23. The Kier molecular flexibility index (Phi) is 5.62. The lowest BCUT2D eigenvalue weighted by Gasteiger charge is -2.09. The molecule has 0 unspecified atom stereocenters. The van der Waals surface area contributed by atoms with Crippen molar-refractivity contribution in [2.45, 2.75) is 11.8 Å². The Bertz CT molecular complexity index is 1380. The van der Waals surface area contributed by atoms with Gasteiger partial charge in [0.05, 0.1) is 4.91 Å². The Balaban J connectivity index is 1.55. The van der Waals surface area contributed by atoms with Crippen LogP contribution in [0.5, 0.6) is 5.75 Å². The fourth-order valence-electron chi connectivity index (χ4n) is 2.92. The summed E-state index contributed by atoms with van der Waals surface area (Å²) >= 11 is 1.03. The van der Waals surface area contributed by atoms with Gasteiger partial charge in [-0.25, -0.2) is 0 Å². The lowest BCUT2D eigenvalue weighted by molar-refractivity contribution is -0.117. The second-order valence-corrected chi connectivity index (χ2v) is 9.21. The van der Waals surface area contributed by atoms with Crippen LogP contribution in [0.15, 0.2) is 81.5 Å². The molecule has 7 nitrogen and oxygen atoms in total. The predicted octanol–water partition coefficient (Wildman–Crippen LogP) is 3.71. The molecule has 0 aromatic heterocycles. The van der Waals surface area contributed by atoms with Crippen molar-refractivity contribution in [3.8, 4) is 5.75 Å². The monoisotopic (exact) mass is 452 g/mol. The van der Waals surface area contributed by atoms with E-state index < -0.39 is 16.0 Å². The minimum absolute atomic E-state index is 0.0461. The third-order valence-electron chi connectivity index (χ3n) is 4.27. The number of aliphatic imine (C=N–C) groups is 1. The van der Waals surface area contributed by atoms with Gasteiger partial charge in [-0.15, -0.1) is 0 Å². The summed E-state index contributed by atoms with van der Waals surface area (Å²) in [7, 11) is -4.04. The number of nitrogens with zero attached hydrogens (tertiary/aromatic N) is 1. The molecular formula is C22H16N2O5S2. The second kappa shape index (κ2) is 8.37. The number of amides is 2. The number of nitrogens with one attached hydrogen (secondary N) is 1. The van der Waals surface area contributed by atoms with Crippen molar-refractivity contribution < 1.29 is 22.2 Å². The van der Waals surface area contributed by atoms with Crippen LogP contribution >= 0.6 is 11.8 Å². The largest absolute Gasteiger partial charge is 0.379 e. The summed E-state index contributed by atoms with van der Waals surface area (Å²) in [5.74, 6) is -0.695. The topological polar surface area (TPSA) is 102 Å². The molecule has 0 radical (unpaired) electrons. The molecule has 156 valence electrons. The number of carbonyl (C=O) groups excluding carboxylic acids is 2. The van der Waals surface area contributed by atoms with Crippen molar-refractivity contribution >= 4 is 55.7 Å². The molecule has 1 N–H and O–H groups in total. The van der Waals surface area contributed by atoms with E-state index in [1.807, 2.05) is 24.3 Å². The molecule has 1 heterocycles. The second-order valence-electron chi connectivity index (χ2n) is 6.63. The molecule has 3 aromatic rings. The normalized spacial score (nSPS) is 15.2. The molecule has 0 spiro atoms. The van der Waals surface area contributed by atoms with Crippen LogP contribution in [-0.2, 0) is 19.7 Å². The number of rotatable bonds is 4. The number of amidine groups is 1. The molecule has 31 heavy (non-hydrogen) atoms. The van der Waals surface area contributed by atoms with Crippen LogP contribution < -0.4 is 9.50 Å². The Morgan fingerprint density at radius 2 is 1.81 bits per heavy atom. The van der Waals surface area contributed by atoms with Crippen molar-refractivity contribution in [1.82, 2.24) is 5.32 Å². The van der Waals surface area contributed by atoms with E-state index in [9.17, 15) is 18.0 Å². The average Bonchev–Trinajstić information content (AvgIpc) is 3.05. The van der Waals surface area contributed by atoms with Crippen molar-refractivity contribution in [2.75, 3.05) is 0 Å². The van der Waals surface area contributed by atoms with Crippen LogP contribution in [0.2, 0.25) is 0 Å². The van der Waals surface area contributed by atoms with Crippen LogP contribution in [0.3, 0.4) is 0 Å². The fourth-order valence-corrected chi connectivity index (χ4v) is 4.74. The van der Waals surface area contributed by atoms with Gasteiger partial charge >= 0.3 is 10.1 Å². The van der Waals surface area contributed by atoms with Gasteiger partial charge in [-0.3, -0.25) is 9.59 Å². The van der Waals surface area contributed by atoms with Crippen LogP contribution in [0, 0.1) is 0 Å². The Morgan fingerprint density at radius 1 is 1.03 bits per heavy atom. The minimum atomic E-state index is -4.04. The Hall–Kier alpha value is -3.43. The molecule has 4 rings (SSSR count). The summed E-state index contributed by atoms with van der Waals surface area (Å²) in [5, 5.41) is 4.39. The van der Waals surface area contributed by atoms with Gasteiger partial charge in [0.2, 0.25) is 5.91 Å². The molecule has 3 aromatic carbocycles. The number of hydrogen-bond donors (Lipinski definition) is 1. The zero-order valence-electron chi connectivity index (χ0n) is 16.2. The summed E-state index contributed by atoms with van der Waals surface area (Å²) in [6.45, 7) is 1.33. The van der Waals surface area contributed by atoms with E-state index in [-0.39, 0.29) is 21.7 Å². The van der Waals surface area contributed by atoms with E-state index in [4.69, 9.17) is 4.18 Å². The molecule has 2 amide bonds. The van der Waals surface area contributed by atoms with E-state index in [1.54, 1.807) is 30.3 Å². The van der Waals surface area contributed by atoms with Gasteiger partial charge < -0.3 is 9.50 Å². The van der Waals surface area contributed by atoms with Gasteiger partial charge in [0.15, 0.2) is 5.17 Å². The highest BCUT2D eigenvalue weighted by molar-refractivity contribution is 8.18. The maximum Gasteiger partial charge on any atom is 0.339 e. The van der Waals surface area contributed by atoms with Crippen LogP contribution in [0.4, 0.5) is 0 Å². The highest BCUT2D eigenvalue weighted by atomic mass is 32.2. The van der Waals surface area contributed by atoms with Crippen molar-refractivity contribution in [3.05, 3.63) is 77.2 Å². The first-order chi connectivity index (χ1) is 14.8. The summed E-state index contributed by atoms with van der Waals surface area (Å²) in [6, 6.07) is 18.6. The third kappa shape index (κ3) is 4.84. The van der Waals surface area contributed by atoms with Gasteiger partial charge in [-0.05, 0) is 58.4 Å². The SMILES string of the molecule is CC(=O)NC1=NC(=O)/C(=C/c2cccc(OS(=O)(=O)c3ccc4ccccc4c3)c2)S1. The van der Waals surface area contributed by atoms with E-state index in [2.05, 4.69) is 10.3 Å². The molecule has 1 aliphatic rings. The maximum absolute atomic E-state index is 12.7. The summed E-state index contributed by atoms with van der Waals surface area (Å²) in [6.07, 6.45) is 1.56. The standard InChI is InChI=1S/C22H16N2O5S2/c1-14(25)23-22-24-21(26)20(30-22)12-15-5-4-8-18(11-15)29-31(27,28)19-10-9-16-6-2-3-7-17(16)13-19/h2-13H,1H3,(H,23,24,25,26)/b20-12-. The van der Waals surface area contributed by atoms with Crippen molar-refractivity contribution in [3.63, 3.8) is 0 Å². The van der Waals surface area contributed by atoms with Crippen LogP contribution in [0.25, 0.3) is 16.8 Å². The average molecular weight is 453 g/mol. The lowest BCUT2D eigenvalue weighted by Crippen LogP contribution is -2.23. The van der Waals surface area contributed by atoms with E-state index in [0.717, 1.165) is 22.5 Å². The zero-order chi connectivity index (χ0) is 22.0. The number of carbonyl (C=O) groups is 2. The Morgan fingerprint density at radius 3 is 2.58 bits per heavy atom. The van der Waals surface area contributed by atoms with Crippen molar-refractivity contribution in [2.24, 2.45) is 4.99 Å². The highest BCUT2D eigenvalue weighted by Crippen LogP contribution is 2.29. The first kappa shape index (κ1) is 20.8. The predicted molar refractivity (Wildman–Crippen MR) is 120 cm³/mol. The van der Waals surface area contributed by atoms with Crippen molar-refractivity contribution in [1.29, 1.82) is 0 Å². The molecule has 0 atom stereocenters. The number of benzene rings is 3. The van der Waals surface area contributed by atoms with Crippen LogP contribution in [0.1, 0.15) is 12.5 Å². The maximum atomic E-state index is 12.7. The number of fused-ring (bicyclic) bond motifs is 1. The summed E-state index contributed by atoms with van der Waals surface area (Å²) in [5.41, 5.74) is 0.557. The first-order valence-corrected chi connectivity index (χ1v) is 11.4. The molecule has 0 bridgehead atoms.